The molecule has 0 aliphatic carbocycles. The average Bonchev–Trinajstić information content (AvgIpc) is 2.94. The van der Waals surface area contributed by atoms with Crippen LogP contribution in [0.3, 0.4) is 0 Å². The normalized spacial score (nSPS) is 16.2. The van der Waals surface area contributed by atoms with Crippen molar-refractivity contribution in [2.75, 3.05) is 24.7 Å². The Labute approximate surface area is 140 Å². The first-order valence-corrected chi connectivity index (χ1v) is 8.52. The third-order valence-electron chi connectivity index (χ3n) is 4.82. The second-order valence-electron chi connectivity index (χ2n) is 6.11. The molecule has 1 aromatic carbocycles. The van der Waals surface area contributed by atoms with Crippen molar-refractivity contribution in [3.63, 3.8) is 0 Å². The highest BCUT2D eigenvalue weighted by Gasteiger charge is 2.27. The molecular formula is C18H24FNO4. The molecule has 0 bridgehead atoms. The third-order valence-corrected chi connectivity index (χ3v) is 4.82. The highest BCUT2D eigenvalue weighted by molar-refractivity contribution is 5.88. The molecule has 1 saturated heterocycles. The Morgan fingerprint density at radius 1 is 1.25 bits per heavy atom. The van der Waals surface area contributed by atoms with E-state index in [4.69, 9.17) is 9.15 Å². The van der Waals surface area contributed by atoms with E-state index >= 15 is 0 Å². The summed E-state index contributed by atoms with van der Waals surface area (Å²) in [6.45, 7) is 6.24. The van der Waals surface area contributed by atoms with E-state index in [1.807, 2.05) is 13.0 Å². The lowest BCUT2D eigenvalue weighted by Crippen LogP contribution is -2.40. The zero-order valence-electron chi connectivity index (χ0n) is 14.1. The van der Waals surface area contributed by atoms with Crippen LogP contribution < -0.4 is 4.90 Å². The first-order valence-electron chi connectivity index (χ1n) is 8.52. The van der Waals surface area contributed by atoms with E-state index in [0.29, 0.717) is 29.0 Å². The Hall–Kier alpha value is -1.63. The van der Waals surface area contributed by atoms with Crippen LogP contribution in [0.2, 0.25) is 0 Å². The van der Waals surface area contributed by atoms with Crippen LogP contribution in [0.5, 0.6) is 0 Å². The summed E-state index contributed by atoms with van der Waals surface area (Å²) in [5, 5.41) is 20.2. The molecule has 1 aliphatic heterocycles. The minimum Gasteiger partial charge on any atom is -0.431 e. The van der Waals surface area contributed by atoms with Crippen LogP contribution in [0.15, 0.2) is 16.5 Å². The van der Waals surface area contributed by atoms with Gasteiger partial charge in [0.2, 0.25) is 0 Å². The molecule has 0 radical (unpaired) electrons. The summed E-state index contributed by atoms with van der Waals surface area (Å²) in [6, 6.07) is 2.63. The quantitative estimate of drug-likeness (QED) is 0.821. The second kappa shape index (κ2) is 7.09. The highest BCUT2D eigenvalue weighted by Crippen LogP contribution is 2.38. The average molecular weight is 337 g/mol. The lowest BCUT2D eigenvalue weighted by atomic mass is 9.96. The van der Waals surface area contributed by atoms with Gasteiger partial charge < -0.3 is 24.3 Å². The van der Waals surface area contributed by atoms with E-state index in [2.05, 4.69) is 11.8 Å². The van der Waals surface area contributed by atoms with Gasteiger partial charge in [-0.3, -0.25) is 0 Å². The van der Waals surface area contributed by atoms with Gasteiger partial charge in [-0.2, -0.15) is 4.39 Å². The number of furan rings is 1. The van der Waals surface area contributed by atoms with Gasteiger partial charge in [0.1, 0.15) is 5.58 Å². The van der Waals surface area contributed by atoms with Gasteiger partial charge in [0.05, 0.1) is 0 Å². The van der Waals surface area contributed by atoms with Gasteiger partial charge >= 0.3 is 0 Å². The zero-order chi connectivity index (χ0) is 17.3. The fourth-order valence-electron chi connectivity index (χ4n) is 3.75. The number of halogens is 1. The molecule has 5 nitrogen and oxygen atoms in total. The molecule has 0 saturated carbocycles. The summed E-state index contributed by atoms with van der Waals surface area (Å²) in [6.07, 6.45) is 0.773. The largest absolute Gasteiger partial charge is 0.431 e. The number of hydrogen-bond donors (Lipinski definition) is 2. The van der Waals surface area contributed by atoms with E-state index in [1.54, 1.807) is 0 Å². The predicted octanol–water partition coefficient (Wildman–Crippen LogP) is 3.12. The van der Waals surface area contributed by atoms with Crippen LogP contribution in [0.1, 0.15) is 44.1 Å². The summed E-state index contributed by atoms with van der Waals surface area (Å²) in [4.78, 5) is 2.24. The molecule has 3 rings (SSSR count). The van der Waals surface area contributed by atoms with Crippen LogP contribution in [0.25, 0.3) is 11.0 Å². The van der Waals surface area contributed by atoms with Gasteiger partial charge in [0.15, 0.2) is 6.29 Å². The van der Waals surface area contributed by atoms with Crippen LogP contribution in [-0.4, -0.2) is 36.0 Å². The van der Waals surface area contributed by atoms with Crippen molar-refractivity contribution in [1.82, 2.24) is 0 Å². The number of rotatable bonds is 5. The number of ether oxygens (including phenoxy) is 1. The van der Waals surface area contributed by atoms with E-state index in [-0.39, 0.29) is 0 Å². The number of aliphatic hydroxyl groups excluding tert-OH is 1. The smallest absolute Gasteiger partial charge is 0.278 e. The molecule has 0 unspecified atom stereocenters. The van der Waals surface area contributed by atoms with Crippen LogP contribution >= 0.6 is 0 Å². The molecular weight excluding hydrogens is 313 g/mol. The van der Waals surface area contributed by atoms with Crippen molar-refractivity contribution in [1.29, 1.82) is 0 Å². The molecule has 24 heavy (non-hydrogen) atoms. The maximum Gasteiger partial charge on any atom is 0.278 e. The highest BCUT2D eigenvalue weighted by atomic mass is 19.1. The van der Waals surface area contributed by atoms with Crippen molar-refractivity contribution < 1.29 is 23.8 Å². The number of nitrogens with zero attached hydrogens (tertiary/aromatic N) is 1. The van der Waals surface area contributed by atoms with E-state index in [1.165, 1.54) is 6.07 Å². The van der Waals surface area contributed by atoms with Gasteiger partial charge in [-0.1, -0.05) is 6.92 Å². The molecule has 1 aromatic heterocycles. The number of benzene rings is 1. The molecule has 0 atom stereocenters. The van der Waals surface area contributed by atoms with Crippen LogP contribution in [0, 0.1) is 6.01 Å². The maximum atomic E-state index is 13.6. The van der Waals surface area contributed by atoms with Gasteiger partial charge in [-0.05, 0) is 31.7 Å². The van der Waals surface area contributed by atoms with Crippen molar-refractivity contribution in [2.24, 2.45) is 0 Å². The predicted molar refractivity (Wildman–Crippen MR) is 89.6 cm³/mol. The minimum atomic E-state index is -1.67. The first-order chi connectivity index (χ1) is 11.6. The third kappa shape index (κ3) is 3.01. The lowest BCUT2D eigenvalue weighted by Gasteiger charge is -2.37. The Morgan fingerprint density at radius 3 is 2.54 bits per heavy atom. The number of fused-ring (bicyclic) bond motifs is 1. The zero-order valence-corrected chi connectivity index (χ0v) is 14.1. The van der Waals surface area contributed by atoms with E-state index < -0.39 is 12.3 Å². The monoisotopic (exact) mass is 337 g/mol. The lowest BCUT2D eigenvalue weighted by molar-refractivity contribution is -0.0418. The molecule has 0 spiro atoms. The van der Waals surface area contributed by atoms with E-state index in [9.17, 15) is 14.6 Å². The SMILES string of the molecule is CCc1c(N(CC)C2CCOCC2)cc2oc(F)cc2c1C(O)O. The Bertz CT molecular complexity index is 707. The van der Waals surface area contributed by atoms with Crippen LogP contribution in [-0.2, 0) is 11.2 Å². The topological polar surface area (TPSA) is 66.1 Å². The van der Waals surface area contributed by atoms with Gasteiger partial charge in [0.25, 0.3) is 6.01 Å². The fourth-order valence-corrected chi connectivity index (χ4v) is 3.75. The van der Waals surface area contributed by atoms with Gasteiger partial charge in [0, 0.05) is 54.6 Å². The minimum absolute atomic E-state index is 0.315. The molecule has 6 heteroatoms. The Balaban J connectivity index is 2.17. The number of anilines is 1. The standard InChI is InChI=1S/C18H24FNO4/c1-3-12-14(20(4-2)11-5-7-23-8-6-11)10-15-13(9-16(19)24-15)17(12)18(21)22/h9-11,18,21-22H,3-8H2,1-2H3. The maximum absolute atomic E-state index is 13.6. The van der Waals surface area contributed by atoms with Crippen LogP contribution in [0.4, 0.5) is 10.1 Å². The summed E-state index contributed by atoms with van der Waals surface area (Å²) in [5.41, 5.74) is 2.39. The van der Waals surface area contributed by atoms with Gasteiger partial charge in [-0.25, -0.2) is 0 Å². The molecule has 132 valence electrons. The summed E-state index contributed by atoms with van der Waals surface area (Å²) in [7, 11) is 0. The number of aliphatic hydroxyl groups is 2. The second-order valence-corrected chi connectivity index (χ2v) is 6.11. The summed E-state index contributed by atoms with van der Waals surface area (Å²) >= 11 is 0. The molecule has 1 fully saturated rings. The first kappa shape index (κ1) is 17.2. The molecule has 2 heterocycles. The molecule has 1 aliphatic rings. The molecule has 2 aromatic rings. The Kier molecular flexibility index (Phi) is 5.08. The molecule has 0 amide bonds. The fraction of sp³-hybridized carbons (Fsp3) is 0.556. The van der Waals surface area contributed by atoms with Gasteiger partial charge in [-0.15, -0.1) is 0 Å². The van der Waals surface area contributed by atoms with Crippen molar-refractivity contribution in [3.8, 4) is 0 Å². The van der Waals surface area contributed by atoms with Crippen molar-refractivity contribution in [2.45, 2.75) is 45.4 Å². The molecule has 2 N–H and O–H groups in total. The Morgan fingerprint density at radius 2 is 1.96 bits per heavy atom. The van der Waals surface area contributed by atoms with Crippen molar-refractivity contribution in [3.05, 3.63) is 29.3 Å². The van der Waals surface area contributed by atoms with Crippen molar-refractivity contribution >= 4 is 16.7 Å². The summed E-state index contributed by atoms with van der Waals surface area (Å²) in [5.74, 6) is 0. The summed E-state index contributed by atoms with van der Waals surface area (Å²) < 4.78 is 24.2. The van der Waals surface area contributed by atoms with E-state index in [0.717, 1.165) is 43.9 Å². The number of hydrogen-bond acceptors (Lipinski definition) is 5.